The number of nitrogens with zero attached hydrogens (tertiary/aromatic N) is 2. The highest BCUT2D eigenvalue weighted by molar-refractivity contribution is 5.81. The van der Waals surface area contributed by atoms with E-state index in [-0.39, 0.29) is 11.9 Å². The van der Waals surface area contributed by atoms with Gasteiger partial charge in [0.1, 0.15) is 0 Å². The molecule has 1 aromatic rings. The summed E-state index contributed by atoms with van der Waals surface area (Å²) >= 11 is 0. The molecule has 0 aliphatic carbocycles. The van der Waals surface area contributed by atoms with Gasteiger partial charge in [0.25, 0.3) is 0 Å². The molecule has 2 heterocycles. The largest absolute Gasteiger partial charge is 0.493 e. The van der Waals surface area contributed by atoms with Crippen molar-refractivity contribution in [3.8, 4) is 11.5 Å². The number of likely N-dealkylation sites (tertiary alicyclic amines) is 2. The van der Waals surface area contributed by atoms with Crippen molar-refractivity contribution in [1.82, 2.24) is 15.1 Å². The van der Waals surface area contributed by atoms with Crippen LogP contribution in [0.1, 0.15) is 45.1 Å². The fourth-order valence-electron chi connectivity index (χ4n) is 4.89. The average Bonchev–Trinajstić information content (AvgIpc) is 2.80. The zero-order valence-electron chi connectivity index (χ0n) is 19.9. The maximum Gasteiger partial charge on any atom is 0.237 e. The van der Waals surface area contributed by atoms with Gasteiger partial charge < -0.3 is 19.7 Å². The second-order valence-corrected chi connectivity index (χ2v) is 9.39. The van der Waals surface area contributed by atoms with E-state index < -0.39 is 0 Å². The van der Waals surface area contributed by atoms with Crippen LogP contribution in [0.4, 0.5) is 0 Å². The second-order valence-electron chi connectivity index (χ2n) is 9.39. The lowest BCUT2D eigenvalue weighted by Gasteiger charge is -2.39. The fraction of sp³-hybridized carbons (Fsp3) is 0.720. The van der Waals surface area contributed by atoms with Gasteiger partial charge in [-0.05, 0) is 88.2 Å². The average molecular weight is 432 g/mol. The number of nitrogens with one attached hydrogen (secondary N) is 1. The lowest BCUT2D eigenvalue weighted by Crippen LogP contribution is -2.51. The van der Waals surface area contributed by atoms with Crippen molar-refractivity contribution in [2.75, 3.05) is 53.5 Å². The van der Waals surface area contributed by atoms with Gasteiger partial charge in [0, 0.05) is 19.6 Å². The van der Waals surface area contributed by atoms with E-state index in [1.165, 1.54) is 45.3 Å². The molecule has 2 aliphatic heterocycles. The van der Waals surface area contributed by atoms with E-state index >= 15 is 0 Å². The van der Waals surface area contributed by atoms with Gasteiger partial charge in [0.15, 0.2) is 11.5 Å². The van der Waals surface area contributed by atoms with Crippen molar-refractivity contribution in [3.63, 3.8) is 0 Å². The molecule has 0 bridgehead atoms. The number of methoxy groups -OCH3 is 2. The van der Waals surface area contributed by atoms with Crippen molar-refractivity contribution in [1.29, 1.82) is 0 Å². The minimum absolute atomic E-state index is 0.0745. The standard InChI is InChI=1S/C25H41N3O3/c1-19-10-14-27(15-11-19)17-22-6-5-13-28(18-22)20(2)25(29)26-12-9-21-7-8-23(30-3)24(16-21)31-4/h7-8,16,19-20,22H,5-6,9-15,17-18H2,1-4H3,(H,26,29). The molecule has 6 nitrogen and oxygen atoms in total. The Bertz CT molecular complexity index is 703. The Balaban J connectivity index is 1.42. The third-order valence-electron chi connectivity index (χ3n) is 7.03. The molecule has 1 amide bonds. The van der Waals surface area contributed by atoms with Crippen molar-refractivity contribution in [2.45, 2.75) is 52.0 Å². The SMILES string of the molecule is COc1ccc(CCNC(=O)C(C)N2CCCC(CN3CCC(C)CC3)C2)cc1OC. The van der Waals surface area contributed by atoms with E-state index in [4.69, 9.17) is 9.47 Å². The summed E-state index contributed by atoms with van der Waals surface area (Å²) in [5, 5.41) is 3.13. The van der Waals surface area contributed by atoms with Gasteiger partial charge >= 0.3 is 0 Å². The van der Waals surface area contributed by atoms with Crippen LogP contribution in [0.2, 0.25) is 0 Å². The second kappa shape index (κ2) is 11.7. The minimum Gasteiger partial charge on any atom is -0.493 e. The van der Waals surface area contributed by atoms with Gasteiger partial charge in [-0.15, -0.1) is 0 Å². The normalized spacial score (nSPS) is 22.1. The minimum atomic E-state index is -0.0745. The maximum absolute atomic E-state index is 12.8. The topological polar surface area (TPSA) is 54.0 Å². The molecule has 31 heavy (non-hydrogen) atoms. The third-order valence-corrected chi connectivity index (χ3v) is 7.03. The molecule has 0 radical (unpaired) electrons. The van der Waals surface area contributed by atoms with E-state index in [9.17, 15) is 4.79 Å². The molecule has 2 unspecified atom stereocenters. The smallest absolute Gasteiger partial charge is 0.237 e. The number of ether oxygens (including phenoxy) is 2. The molecule has 1 N–H and O–H groups in total. The molecule has 174 valence electrons. The number of piperidine rings is 2. The molecule has 2 aliphatic rings. The van der Waals surface area contributed by atoms with E-state index in [2.05, 4.69) is 29.0 Å². The van der Waals surface area contributed by atoms with Gasteiger partial charge in [-0.25, -0.2) is 0 Å². The molecule has 6 heteroatoms. The van der Waals surface area contributed by atoms with E-state index in [0.717, 1.165) is 42.5 Å². The summed E-state index contributed by atoms with van der Waals surface area (Å²) in [4.78, 5) is 17.8. The number of carbonyl (C=O) groups is 1. The zero-order chi connectivity index (χ0) is 22.2. The van der Waals surface area contributed by atoms with Crippen LogP contribution in [0.3, 0.4) is 0 Å². The molecule has 2 atom stereocenters. The molecule has 2 fully saturated rings. The highest BCUT2D eigenvalue weighted by atomic mass is 16.5. The summed E-state index contributed by atoms with van der Waals surface area (Å²) in [7, 11) is 3.28. The number of amides is 1. The van der Waals surface area contributed by atoms with Gasteiger partial charge in [-0.1, -0.05) is 13.0 Å². The van der Waals surface area contributed by atoms with E-state index in [1.54, 1.807) is 14.2 Å². The number of hydrogen-bond acceptors (Lipinski definition) is 5. The molecule has 2 saturated heterocycles. The molecule has 1 aromatic carbocycles. The first-order chi connectivity index (χ1) is 15.0. The summed E-state index contributed by atoms with van der Waals surface area (Å²) in [6.07, 6.45) is 5.91. The Kier molecular flexibility index (Phi) is 9.02. The lowest BCUT2D eigenvalue weighted by atomic mass is 9.93. The Labute approximate surface area is 188 Å². The Morgan fingerprint density at radius 1 is 1.13 bits per heavy atom. The quantitative estimate of drug-likeness (QED) is 0.651. The maximum atomic E-state index is 12.8. The molecular weight excluding hydrogens is 390 g/mol. The van der Waals surface area contributed by atoms with Crippen LogP contribution in [0.25, 0.3) is 0 Å². The van der Waals surface area contributed by atoms with Crippen molar-refractivity contribution >= 4 is 5.91 Å². The van der Waals surface area contributed by atoms with Crippen molar-refractivity contribution in [3.05, 3.63) is 23.8 Å². The summed E-state index contributed by atoms with van der Waals surface area (Å²) < 4.78 is 10.7. The molecule has 0 saturated carbocycles. The summed E-state index contributed by atoms with van der Waals surface area (Å²) in [5.74, 6) is 3.14. The van der Waals surface area contributed by atoms with Crippen molar-refractivity contribution < 1.29 is 14.3 Å². The van der Waals surface area contributed by atoms with Gasteiger partial charge in [-0.3, -0.25) is 9.69 Å². The third kappa shape index (κ3) is 6.84. The van der Waals surface area contributed by atoms with Crippen LogP contribution in [-0.4, -0.2) is 75.2 Å². The Morgan fingerprint density at radius 2 is 1.87 bits per heavy atom. The fourth-order valence-corrected chi connectivity index (χ4v) is 4.89. The first kappa shape index (κ1) is 23.9. The van der Waals surface area contributed by atoms with Crippen LogP contribution in [0, 0.1) is 11.8 Å². The first-order valence-electron chi connectivity index (χ1n) is 11.9. The monoisotopic (exact) mass is 431 g/mol. The Morgan fingerprint density at radius 3 is 2.58 bits per heavy atom. The predicted molar refractivity (Wildman–Crippen MR) is 125 cm³/mol. The van der Waals surface area contributed by atoms with Crippen LogP contribution in [-0.2, 0) is 11.2 Å². The number of benzene rings is 1. The van der Waals surface area contributed by atoms with Crippen LogP contribution < -0.4 is 14.8 Å². The lowest BCUT2D eigenvalue weighted by molar-refractivity contribution is -0.126. The summed E-state index contributed by atoms with van der Waals surface area (Å²) in [6, 6.07) is 5.84. The van der Waals surface area contributed by atoms with Crippen LogP contribution >= 0.6 is 0 Å². The van der Waals surface area contributed by atoms with E-state index in [0.29, 0.717) is 12.5 Å². The first-order valence-corrected chi connectivity index (χ1v) is 11.9. The van der Waals surface area contributed by atoms with E-state index in [1.807, 2.05) is 18.2 Å². The molecule has 0 aromatic heterocycles. The summed E-state index contributed by atoms with van der Waals surface area (Å²) in [5.41, 5.74) is 1.12. The van der Waals surface area contributed by atoms with Crippen LogP contribution in [0.5, 0.6) is 11.5 Å². The van der Waals surface area contributed by atoms with Gasteiger partial charge in [-0.2, -0.15) is 0 Å². The number of hydrogen-bond donors (Lipinski definition) is 1. The van der Waals surface area contributed by atoms with Crippen molar-refractivity contribution in [2.24, 2.45) is 11.8 Å². The van der Waals surface area contributed by atoms with Gasteiger partial charge in [0.2, 0.25) is 5.91 Å². The number of rotatable bonds is 9. The Hall–Kier alpha value is -1.79. The van der Waals surface area contributed by atoms with Gasteiger partial charge in [0.05, 0.1) is 20.3 Å². The zero-order valence-corrected chi connectivity index (χ0v) is 19.9. The highest BCUT2D eigenvalue weighted by Crippen LogP contribution is 2.27. The predicted octanol–water partition coefficient (Wildman–Crippen LogP) is 3.19. The number of carbonyl (C=O) groups excluding carboxylic acids is 1. The molecule has 0 spiro atoms. The molecular formula is C25H41N3O3. The summed E-state index contributed by atoms with van der Waals surface area (Å²) in [6.45, 7) is 10.8. The highest BCUT2D eigenvalue weighted by Gasteiger charge is 2.29. The molecule has 3 rings (SSSR count). The van der Waals surface area contributed by atoms with Crippen LogP contribution in [0.15, 0.2) is 18.2 Å².